The van der Waals surface area contributed by atoms with Crippen LogP contribution in [0.4, 0.5) is 10.2 Å². The minimum atomic E-state index is -1.32. The fraction of sp³-hybridized carbons (Fsp3) is 0.500. The van der Waals surface area contributed by atoms with Gasteiger partial charge >= 0.3 is 5.97 Å². The molecular formula is C18H18FN3O4. The molecule has 6 rings (SSSR count). The third-order valence-electron chi connectivity index (χ3n) is 6.12. The number of carbonyl (C=O) groups is 1. The lowest BCUT2D eigenvalue weighted by atomic mass is 9.49. The quantitative estimate of drug-likeness (QED) is 0.858. The number of rotatable bonds is 3. The van der Waals surface area contributed by atoms with E-state index in [-0.39, 0.29) is 22.3 Å². The molecule has 3 saturated carbocycles. The molecule has 2 aromatic rings. The second-order valence-electron chi connectivity index (χ2n) is 7.80. The molecule has 8 heteroatoms. The number of carboxylic acids is 1. The average molecular weight is 359 g/mol. The van der Waals surface area contributed by atoms with Crippen LogP contribution >= 0.6 is 0 Å². The molecule has 4 aliphatic rings. The van der Waals surface area contributed by atoms with E-state index in [1.807, 2.05) is 0 Å². The third-order valence-corrected chi connectivity index (χ3v) is 6.12. The molecule has 1 atom stereocenters. The number of aliphatic hydroxyl groups is 1. The highest BCUT2D eigenvalue weighted by Crippen LogP contribution is 2.62. The van der Waals surface area contributed by atoms with Crippen molar-refractivity contribution in [2.75, 3.05) is 18.0 Å². The summed E-state index contributed by atoms with van der Waals surface area (Å²) >= 11 is 0. The first-order valence-corrected chi connectivity index (χ1v) is 8.81. The van der Waals surface area contributed by atoms with Crippen molar-refractivity contribution in [1.82, 2.24) is 9.55 Å². The molecule has 26 heavy (non-hydrogen) atoms. The minimum Gasteiger partial charge on any atom is -0.477 e. The Bertz CT molecular complexity index is 1000. The van der Waals surface area contributed by atoms with Crippen LogP contribution in [-0.4, -0.2) is 44.9 Å². The number of hydrogen-bond acceptors (Lipinski definition) is 5. The van der Waals surface area contributed by atoms with Crippen molar-refractivity contribution in [3.05, 3.63) is 33.9 Å². The molecule has 0 aromatic carbocycles. The molecule has 2 bridgehead atoms. The number of aromatic carboxylic acids is 1. The fourth-order valence-corrected chi connectivity index (χ4v) is 4.61. The van der Waals surface area contributed by atoms with Gasteiger partial charge in [-0.05, 0) is 37.7 Å². The number of nitrogens with zero attached hydrogens (tertiary/aromatic N) is 3. The van der Waals surface area contributed by atoms with Crippen LogP contribution in [0.25, 0.3) is 11.0 Å². The Morgan fingerprint density at radius 1 is 1.35 bits per heavy atom. The summed E-state index contributed by atoms with van der Waals surface area (Å²) < 4.78 is 16.4. The number of aliphatic hydroxyl groups excluding tert-OH is 1. The van der Waals surface area contributed by atoms with E-state index in [1.165, 1.54) is 6.20 Å². The van der Waals surface area contributed by atoms with E-state index in [2.05, 4.69) is 4.98 Å². The zero-order chi connectivity index (χ0) is 18.2. The van der Waals surface area contributed by atoms with Crippen molar-refractivity contribution < 1.29 is 19.4 Å². The zero-order valence-electron chi connectivity index (χ0n) is 14.0. The Balaban J connectivity index is 1.76. The summed E-state index contributed by atoms with van der Waals surface area (Å²) in [4.78, 5) is 30.2. The Hall–Kier alpha value is -2.48. The van der Waals surface area contributed by atoms with Crippen molar-refractivity contribution in [3.8, 4) is 0 Å². The number of carboxylic acid groups (broad SMARTS) is 1. The van der Waals surface area contributed by atoms with Crippen molar-refractivity contribution in [3.63, 3.8) is 0 Å². The number of pyridine rings is 2. The van der Waals surface area contributed by atoms with Gasteiger partial charge in [-0.25, -0.2) is 14.2 Å². The van der Waals surface area contributed by atoms with Crippen molar-refractivity contribution in [1.29, 1.82) is 0 Å². The lowest BCUT2D eigenvalue weighted by molar-refractivity contribution is -0.0864. The van der Waals surface area contributed by atoms with Crippen LogP contribution in [0.3, 0.4) is 0 Å². The highest BCUT2D eigenvalue weighted by Gasteiger charge is 2.58. The van der Waals surface area contributed by atoms with Gasteiger partial charge < -0.3 is 19.7 Å². The maximum atomic E-state index is 14.7. The lowest BCUT2D eigenvalue weighted by Gasteiger charge is -2.62. The van der Waals surface area contributed by atoms with Crippen LogP contribution in [0.2, 0.25) is 0 Å². The molecule has 1 saturated heterocycles. The maximum absolute atomic E-state index is 14.7. The summed E-state index contributed by atoms with van der Waals surface area (Å²) in [6.45, 7) is 0.779. The number of anilines is 1. The Morgan fingerprint density at radius 2 is 2.08 bits per heavy atom. The SMILES string of the molecule is O=C(O)c1cn(C23CC(C2)C3)c2nc(N3CCC(O)C3)c(F)cc2c1=O. The first kappa shape index (κ1) is 15.7. The molecule has 2 aromatic heterocycles. The Morgan fingerprint density at radius 3 is 2.62 bits per heavy atom. The number of fused-ring (bicyclic) bond motifs is 1. The van der Waals surface area contributed by atoms with Crippen molar-refractivity contribution >= 4 is 22.8 Å². The molecule has 136 valence electrons. The molecule has 4 fully saturated rings. The predicted molar refractivity (Wildman–Crippen MR) is 91.1 cm³/mol. The topological polar surface area (TPSA) is 95.7 Å². The van der Waals surface area contributed by atoms with E-state index >= 15 is 0 Å². The second kappa shape index (κ2) is 5.03. The van der Waals surface area contributed by atoms with Crippen LogP contribution < -0.4 is 10.3 Å². The van der Waals surface area contributed by atoms with Gasteiger partial charge in [-0.3, -0.25) is 4.79 Å². The van der Waals surface area contributed by atoms with Crippen LogP contribution in [0.5, 0.6) is 0 Å². The van der Waals surface area contributed by atoms with Gasteiger partial charge in [0.1, 0.15) is 11.2 Å². The van der Waals surface area contributed by atoms with E-state index in [0.29, 0.717) is 31.1 Å². The smallest absolute Gasteiger partial charge is 0.341 e. The monoisotopic (exact) mass is 359 g/mol. The van der Waals surface area contributed by atoms with Gasteiger partial charge in [0, 0.05) is 24.8 Å². The normalized spacial score (nSPS) is 29.5. The van der Waals surface area contributed by atoms with Crippen LogP contribution in [0.1, 0.15) is 36.0 Å². The Kier molecular flexibility index (Phi) is 3.05. The minimum absolute atomic E-state index is 0.00406. The van der Waals surface area contributed by atoms with Gasteiger partial charge in [0.05, 0.1) is 11.5 Å². The van der Waals surface area contributed by atoms with Gasteiger partial charge in [0.2, 0.25) is 5.43 Å². The Labute approximate surface area is 147 Å². The van der Waals surface area contributed by atoms with Gasteiger partial charge in [0.15, 0.2) is 11.6 Å². The highest BCUT2D eigenvalue weighted by molar-refractivity contribution is 5.92. The van der Waals surface area contributed by atoms with Gasteiger partial charge in [-0.2, -0.15) is 0 Å². The molecule has 3 heterocycles. The fourth-order valence-electron chi connectivity index (χ4n) is 4.61. The first-order chi connectivity index (χ1) is 12.4. The molecule has 0 radical (unpaired) electrons. The maximum Gasteiger partial charge on any atom is 0.341 e. The van der Waals surface area contributed by atoms with Gasteiger partial charge in [-0.1, -0.05) is 0 Å². The molecule has 1 unspecified atom stereocenters. The van der Waals surface area contributed by atoms with Crippen molar-refractivity contribution in [2.24, 2.45) is 5.92 Å². The largest absolute Gasteiger partial charge is 0.477 e. The third kappa shape index (κ3) is 1.99. The van der Waals surface area contributed by atoms with E-state index in [1.54, 1.807) is 9.47 Å². The summed E-state index contributed by atoms with van der Waals surface area (Å²) in [5.74, 6) is -1.23. The predicted octanol–water partition coefficient (Wildman–Crippen LogP) is 1.31. The molecule has 7 nitrogen and oxygen atoms in total. The van der Waals surface area contributed by atoms with E-state index in [0.717, 1.165) is 25.3 Å². The lowest BCUT2D eigenvalue weighted by Crippen LogP contribution is -2.59. The molecule has 1 aliphatic heterocycles. The van der Waals surface area contributed by atoms with Crippen LogP contribution in [-0.2, 0) is 5.54 Å². The van der Waals surface area contributed by atoms with E-state index in [4.69, 9.17) is 0 Å². The molecular weight excluding hydrogens is 341 g/mol. The summed E-state index contributed by atoms with van der Waals surface area (Å²) in [6, 6.07) is 1.10. The molecule has 3 aliphatic carbocycles. The summed E-state index contributed by atoms with van der Waals surface area (Å²) in [6.07, 6.45) is 4.18. The standard InChI is InChI=1S/C18H18FN3O4/c19-13-3-11-14(24)12(17(25)26)8-22(18-4-9(5-18)6-18)15(11)20-16(13)21-2-1-10(23)7-21/h3,8-10,23H,1-2,4-7H2,(H,25,26). The van der Waals surface area contributed by atoms with E-state index in [9.17, 15) is 24.2 Å². The average Bonchev–Trinajstić information content (AvgIpc) is 2.92. The number of β-amino-alcohol motifs (C(OH)–C–C–N with tert-alkyl or cyclic N) is 1. The number of hydrogen-bond donors (Lipinski definition) is 2. The van der Waals surface area contributed by atoms with Crippen LogP contribution in [0.15, 0.2) is 17.1 Å². The number of aromatic nitrogens is 2. The number of halogens is 1. The molecule has 0 amide bonds. The summed E-state index contributed by atoms with van der Waals surface area (Å²) in [7, 11) is 0. The second-order valence-corrected chi connectivity index (χ2v) is 7.80. The van der Waals surface area contributed by atoms with Crippen molar-refractivity contribution in [2.45, 2.75) is 37.3 Å². The van der Waals surface area contributed by atoms with Gasteiger partial charge in [-0.15, -0.1) is 0 Å². The summed E-state index contributed by atoms with van der Waals surface area (Å²) in [5, 5.41) is 19.1. The highest BCUT2D eigenvalue weighted by atomic mass is 19.1. The van der Waals surface area contributed by atoms with Gasteiger partial charge in [0.25, 0.3) is 0 Å². The molecule has 2 N–H and O–H groups in total. The summed E-state index contributed by atoms with van der Waals surface area (Å²) in [5.41, 5.74) is -0.938. The first-order valence-electron chi connectivity index (χ1n) is 8.81. The molecule has 0 spiro atoms. The zero-order valence-corrected chi connectivity index (χ0v) is 14.0. The van der Waals surface area contributed by atoms with Crippen LogP contribution in [0, 0.1) is 11.7 Å². The van der Waals surface area contributed by atoms with E-state index < -0.39 is 23.3 Å².